The maximum absolute atomic E-state index is 13.0. The molecule has 1 saturated heterocycles. The molecular formula is C27H25F6N3O3S. The third-order valence-corrected chi connectivity index (χ3v) is 7.64. The summed E-state index contributed by atoms with van der Waals surface area (Å²) in [5.41, 5.74) is 2.57. The van der Waals surface area contributed by atoms with Gasteiger partial charge in [0.2, 0.25) is 0 Å². The summed E-state index contributed by atoms with van der Waals surface area (Å²) in [7, 11) is 0. The average Bonchev–Trinajstić information content (AvgIpc) is 3.56. The monoisotopic (exact) mass is 585 g/mol. The molecule has 0 aliphatic carbocycles. The fourth-order valence-electron chi connectivity index (χ4n) is 4.28. The van der Waals surface area contributed by atoms with E-state index in [4.69, 9.17) is 9.90 Å². The first-order valence-corrected chi connectivity index (χ1v) is 13.0. The molecule has 0 saturated carbocycles. The molecule has 0 spiro atoms. The highest BCUT2D eigenvalue weighted by Gasteiger charge is 2.38. The van der Waals surface area contributed by atoms with Gasteiger partial charge in [0.05, 0.1) is 21.5 Å². The van der Waals surface area contributed by atoms with Gasteiger partial charge < -0.3 is 15.2 Å². The number of hydrogen-bond acceptors (Lipinski definition) is 5. The van der Waals surface area contributed by atoms with E-state index in [1.807, 2.05) is 12.1 Å². The molecule has 1 aliphatic heterocycles. The Morgan fingerprint density at radius 3 is 2.17 bits per heavy atom. The number of imidazole rings is 1. The van der Waals surface area contributed by atoms with E-state index >= 15 is 0 Å². The average molecular weight is 586 g/mol. The van der Waals surface area contributed by atoms with Crippen molar-refractivity contribution in [3.8, 4) is 21.1 Å². The summed E-state index contributed by atoms with van der Waals surface area (Å²) >= 11 is 1.56. The number of hydrogen-bond donors (Lipinski definition) is 3. The van der Waals surface area contributed by atoms with Crippen LogP contribution in [0.1, 0.15) is 24.0 Å². The van der Waals surface area contributed by atoms with E-state index in [9.17, 15) is 31.4 Å². The Bertz CT molecular complexity index is 1440. The summed E-state index contributed by atoms with van der Waals surface area (Å²) in [6.45, 7) is 3.23. The lowest BCUT2D eigenvalue weighted by atomic mass is 9.97. The van der Waals surface area contributed by atoms with Gasteiger partial charge in [-0.3, -0.25) is 4.90 Å². The predicted molar refractivity (Wildman–Crippen MR) is 139 cm³/mol. The van der Waals surface area contributed by atoms with Gasteiger partial charge in [-0.1, -0.05) is 24.3 Å². The molecule has 40 heavy (non-hydrogen) atoms. The molecule has 0 amide bonds. The zero-order valence-corrected chi connectivity index (χ0v) is 21.7. The molecule has 214 valence electrons. The van der Waals surface area contributed by atoms with Gasteiger partial charge in [0, 0.05) is 18.0 Å². The highest BCUT2D eigenvalue weighted by Crippen LogP contribution is 2.36. The minimum Gasteiger partial charge on any atom is -0.475 e. The number of halogens is 6. The number of aliphatic hydroxyl groups is 1. The molecule has 1 aliphatic rings. The molecular weight excluding hydrogens is 560 g/mol. The van der Waals surface area contributed by atoms with Crippen molar-refractivity contribution in [2.45, 2.75) is 31.7 Å². The number of aromatic amines is 1. The van der Waals surface area contributed by atoms with Crippen LogP contribution in [0.5, 0.6) is 0 Å². The highest BCUT2D eigenvalue weighted by molar-refractivity contribution is 7.18. The Balaban J connectivity index is 0.000000470. The first-order valence-electron chi connectivity index (χ1n) is 12.2. The molecule has 0 atom stereocenters. The van der Waals surface area contributed by atoms with Gasteiger partial charge in [0.1, 0.15) is 5.82 Å². The molecule has 2 aromatic heterocycles. The van der Waals surface area contributed by atoms with E-state index in [-0.39, 0.29) is 6.61 Å². The van der Waals surface area contributed by atoms with Crippen molar-refractivity contribution in [1.82, 2.24) is 14.9 Å². The number of carboxylic acids is 1. The number of carbonyl (C=O) groups is 1. The smallest absolute Gasteiger partial charge is 0.475 e. The molecule has 3 N–H and O–H groups in total. The van der Waals surface area contributed by atoms with Gasteiger partial charge in [-0.05, 0) is 73.3 Å². The van der Waals surface area contributed by atoms with Crippen LogP contribution in [0.15, 0.2) is 54.6 Å². The van der Waals surface area contributed by atoms with Crippen LogP contribution in [0.2, 0.25) is 0 Å². The van der Waals surface area contributed by atoms with Crippen LogP contribution in [-0.4, -0.2) is 56.9 Å². The van der Waals surface area contributed by atoms with Crippen molar-refractivity contribution in [2.75, 3.05) is 19.7 Å². The SMILES string of the molecule is O=C(O)C(F)(F)F.OCC1CCN(Cc2ccc(-c3ccc(-c4nc5ccc(C(F)(F)F)cc5[nH]4)s3)cc2)CC1. The van der Waals surface area contributed by atoms with Crippen LogP contribution in [0, 0.1) is 5.92 Å². The molecule has 13 heteroatoms. The number of aromatic nitrogens is 2. The molecule has 1 fully saturated rings. The van der Waals surface area contributed by atoms with Crippen molar-refractivity contribution in [1.29, 1.82) is 0 Å². The second-order valence-corrected chi connectivity index (χ2v) is 10.5. The van der Waals surface area contributed by atoms with Gasteiger partial charge in [0.25, 0.3) is 0 Å². The van der Waals surface area contributed by atoms with Gasteiger partial charge in [-0.15, -0.1) is 11.3 Å². The third kappa shape index (κ3) is 7.40. The molecule has 6 nitrogen and oxygen atoms in total. The first-order chi connectivity index (χ1) is 18.8. The van der Waals surface area contributed by atoms with Crippen LogP contribution in [-0.2, 0) is 17.5 Å². The number of carboxylic acid groups (broad SMARTS) is 1. The van der Waals surface area contributed by atoms with Crippen LogP contribution < -0.4 is 0 Å². The van der Waals surface area contributed by atoms with Gasteiger partial charge in [0.15, 0.2) is 0 Å². The molecule has 2 aromatic carbocycles. The lowest BCUT2D eigenvalue weighted by Gasteiger charge is -2.31. The van der Waals surface area contributed by atoms with Crippen LogP contribution in [0.3, 0.4) is 0 Å². The zero-order chi connectivity index (χ0) is 29.1. The summed E-state index contributed by atoms with van der Waals surface area (Å²) in [5.74, 6) is -1.74. The van der Waals surface area contributed by atoms with E-state index in [0.717, 1.165) is 59.9 Å². The van der Waals surface area contributed by atoms with Crippen molar-refractivity contribution in [2.24, 2.45) is 5.92 Å². The van der Waals surface area contributed by atoms with Crippen LogP contribution in [0.4, 0.5) is 26.3 Å². The Morgan fingerprint density at radius 2 is 1.60 bits per heavy atom. The fraction of sp³-hybridized carbons (Fsp3) is 0.333. The number of H-pyrrole nitrogens is 1. The minimum atomic E-state index is -5.08. The van der Waals surface area contributed by atoms with Crippen molar-refractivity contribution < 1.29 is 41.4 Å². The van der Waals surface area contributed by atoms with E-state index in [1.54, 1.807) is 11.3 Å². The first kappa shape index (κ1) is 29.6. The molecule has 0 radical (unpaired) electrons. The number of aliphatic hydroxyl groups excluding tert-OH is 1. The number of alkyl halides is 6. The Kier molecular flexibility index (Phi) is 8.86. The standard InChI is InChI=1S/C25H24F3N3OS.C2HF3O2/c26-25(27,28)19-5-6-20-21(13-19)30-24(29-20)23-8-7-22(33-23)18-3-1-16(2-4-18)14-31-11-9-17(15-32)10-12-31;3-2(4,5)1(6)7/h1-8,13,17,32H,9-12,14-15H2,(H,29,30);(H,6,7). The van der Waals surface area contributed by atoms with Crippen molar-refractivity contribution >= 4 is 28.3 Å². The normalized spacial score (nSPS) is 15.2. The summed E-state index contributed by atoms with van der Waals surface area (Å²) in [6.07, 6.45) is -7.37. The van der Waals surface area contributed by atoms with Crippen molar-refractivity contribution in [3.63, 3.8) is 0 Å². The number of piperidine rings is 1. The Labute approximate surface area is 228 Å². The zero-order valence-electron chi connectivity index (χ0n) is 20.9. The summed E-state index contributed by atoms with van der Waals surface area (Å²) in [4.78, 5) is 20.8. The number of rotatable bonds is 5. The summed E-state index contributed by atoms with van der Waals surface area (Å²) in [6, 6.07) is 16.0. The summed E-state index contributed by atoms with van der Waals surface area (Å²) in [5, 5.41) is 16.4. The van der Waals surface area contributed by atoms with Crippen molar-refractivity contribution in [3.05, 3.63) is 65.7 Å². The molecule has 0 unspecified atom stereocenters. The number of nitrogens with zero attached hydrogens (tertiary/aromatic N) is 2. The lowest BCUT2D eigenvalue weighted by Crippen LogP contribution is -2.34. The van der Waals surface area contributed by atoms with E-state index in [2.05, 4.69) is 39.1 Å². The highest BCUT2D eigenvalue weighted by atomic mass is 32.1. The second kappa shape index (κ2) is 12.0. The summed E-state index contributed by atoms with van der Waals surface area (Å²) < 4.78 is 70.7. The fourth-order valence-corrected chi connectivity index (χ4v) is 5.24. The molecule has 0 bridgehead atoms. The van der Waals surface area contributed by atoms with Crippen LogP contribution in [0.25, 0.3) is 32.2 Å². The topological polar surface area (TPSA) is 89.4 Å². The van der Waals surface area contributed by atoms with Crippen LogP contribution >= 0.6 is 11.3 Å². The van der Waals surface area contributed by atoms with Gasteiger partial charge in [-0.2, -0.15) is 26.3 Å². The lowest BCUT2D eigenvalue weighted by molar-refractivity contribution is -0.192. The minimum absolute atomic E-state index is 0.286. The number of aliphatic carboxylic acids is 1. The van der Waals surface area contributed by atoms with Gasteiger partial charge >= 0.3 is 18.3 Å². The Morgan fingerprint density at radius 1 is 0.975 bits per heavy atom. The largest absolute Gasteiger partial charge is 0.490 e. The second-order valence-electron chi connectivity index (χ2n) is 9.38. The number of thiophene rings is 1. The number of benzene rings is 2. The van der Waals surface area contributed by atoms with E-state index in [0.29, 0.717) is 22.8 Å². The maximum Gasteiger partial charge on any atom is 0.490 e. The maximum atomic E-state index is 13.0. The Hall–Kier alpha value is -3.42. The van der Waals surface area contributed by atoms with E-state index in [1.165, 1.54) is 11.6 Å². The molecule has 5 rings (SSSR count). The third-order valence-electron chi connectivity index (χ3n) is 6.50. The van der Waals surface area contributed by atoms with Gasteiger partial charge in [-0.25, -0.2) is 9.78 Å². The number of likely N-dealkylation sites (tertiary alicyclic amines) is 1. The molecule has 3 heterocycles. The number of nitrogens with one attached hydrogen (secondary N) is 1. The predicted octanol–water partition coefficient (Wildman–Crippen LogP) is 6.81. The number of fused-ring (bicyclic) bond motifs is 1. The van der Waals surface area contributed by atoms with E-state index < -0.39 is 23.9 Å². The quantitative estimate of drug-likeness (QED) is 0.224. The molecule has 4 aromatic rings.